The van der Waals surface area contributed by atoms with Gasteiger partial charge in [-0.05, 0) is 61.0 Å². The van der Waals surface area contributed by atoms with Crippen molar-refractivity contribution < 1.29 is 22.4 Å². The van der Waals surface area contributed by atoms with E-state index in [0.717, 1.165) is 11.6 Å². The van der Waals surface area contributed by atoms with Crippen LogP contribution in [-0.4, -0.2) is 26.8 Å². The Bertz CT molecular complexity index is 1260. The van der Waals surface area contributed by atoms with E-state index < -0.39 is 27.7 Å². The van der Waals surface area contributed by atoms with Gasteiger partial charge in [-0.15, -0.1) is 0 Å². The third-order valence-electron chi connectivity index (χ3n) is 4.35. The Morgan fingerprint density at radius 3 is 2.31 bits per heavy atom. The fraction of sp³-hybridized carbons (Fsp3) is 0.0909. The normalized spacial score (nSPS) is 11.0. The Hall–Kier alpha value is -3.43. The summed E-state index contributed by atoms with van der Waals surface area (Å²) in [4.78, 5) is 24.2. The van der Waals surface area contributed by atoms with E-state index in [4.69, 9.17) is 11.6 Å². The largest absolute Gasteiger partial charge is 0.343 e. The summed E-state index contributed by atoms with van der Waals surface area (Å²) in [5, 5.41) is 5.42. The first-order chi connectivity index (χ1) is 15.2. The van der Waals surface area contributed by atoms with E-state index >= 15 is 0 Å². The van der Waals surface area contributed by atoms with E-state index in [1.807, 2.05) is 6.92 Å². The maximum atomic E-state index is 13.7. The second-order valence-electron chi connectivity index (χ2n) is 6.82. The number of rotatable bonds is 7. The molecule has 0 aromatic heterocycles. The number of carbonyl (C=O) groups excluding carboxylic acids is 2. The summed E-state index contributed by atoms with van der Waals surface area (Å²) < 4.78 is 40.7. The molecule has 3 aromatic carbocycles. The molecule has 0 unspecified atom stereocenters. The van der Waals surface area contributed by atoms with Crippen LogP contribution in [0.15, 0.2) is 71.6 Å². The van der Waals surface area contributed by atoms with Crippen molar-refractivity contribution in [1.29, 1.82) is 0 Å². The van der Waals surface area contributed by atoms with Gasteiger partial charge in [0, 0.05) is 5.56 Å². The lowest BCUT2D eigenvalue weighted by Crippen LogP contribution is -2.32. The maximum Gasteiger partial charge on any atom is 0.261 e. The van der Waals surface area contributed by atoms with Crippen molar-refractivity contribution in [3.8, 4) is 0 Å². The van der Waals surface area contributed by atoms with E-state index in [0.29, 0.717) is 10.7 Å². The number of hydrogen-bond acceptors (Lipinski definition) is 4. The van der Waals surface area contributed by atoms with Crippen LogP contribution in [0.3, 0.4) is 0 Å². The molecule has 0 fully saturated rings. The van der Waals surface area contributed by atoms with Crippen molar-refractivity contribution in [2.45, 2.75) is 11.8 Å². The van der Waals surface area contributed by atoms with Gasteiger partial charge in [0.05, 0.1) is 27.8 Å². The minimum absolute atomic E-state index is 0.149. The number of halogens is 2. The molecule has 0 atom stereocenters. The van der Waals surface area contributed by atoms with Crippen LogP contribution in [0.2, 0.25) is 5.02 Å². The molecule has 0 aliphatic rings. The Kier molecular flexibility index (Phi) is 7.12. The van der Waals surface area contributed by atoms with Crippen molar-refractivity contribution in [1.82, 2.24) is 5.32 Å². The summed E-state index contributed by atoms with van der Waals surface area (Å²) in [6.45, 7) is 1.56. The van der Waals surface area contributed by atoms with E-state index in [1.54, 1.807) is 18.2 Å². The minimum atomic E-state index is -4.04. The Morgan fingerprint density at radius 1 is 0.969 bits per heavy atom. The number of nitrogens with one attached hydrogen (secondary N) is 3. The van der Waals surface area contributed by atoms with Crippen LogP contribution in [0.5, 0.6) is 0 Å². The number of para-hydroxylation sites is 1. The van der Waals surface area contributed by atoms with Crippen LogP contribution in [0.4, 0.5) is 15.8 Å². The summed E-state index contributed by atoms with van der Waals surface area (Å²) >= 11 is 6.07. The summed E-state index contributed by atoms with van der Waals surface area (Å²) in [5.41, 5.74) is 1.33. The fourth-order valence-electron chi connectivity index (χ4n) is 2.71. The van der Waals surface area contributed by atoms with E-state index in [-0.39, 0.29) is 22.7 Å². The second-order valence-corrected chi connectivity index (χ2v) is 8.91. The third-order valence-corrected chi connectivity index (χ3v) is 6.05. The molecule has 0 aliphatic heterocycles. The van der Waals surface area contributed by atoms with Crippen LogP contribution in [0, 0.1) is 12.7 Å². The van der Waals surface area contributed by atoms with Gasteiger partial charge in [0.15, 0.2) is 0 Å². The summed E-state index contributed by atoms with van der Waals surface area (Å²) in [6, 6.07) is 15.5. The number of benzene rings is 3. The predicted molar refractivity (Wildman–Crippen MR) is 121 cm³/mol. The van der Waals surface area contributed by atoms with E-state index in [9.17, 15) is 22.4 Å². The van der Waals surface area contributed by atoms with Gasteiger partial charge in [0.2, 0.25) is 5.91 Å². The predicted octanol–water partition coefficient (Wildman–Crippen LogP) is 3.96. The molecule has 10 heteroatoms. The highest BCUT2D eigenvalue weighted by molar-refractivity contribution is 7.92. The summed E-state index contributed by atoms with van der Waals surface area (Å²) in [5.74, 6) is -1.75. The number of anilines is 2. The van der Waals surface area contributed by atoms with Crippen molar-refractivity contribution in [3.63, 3.8) is 0 Å². The molecule has 0 radical (unpaired) electrons. The molecule has 2 amide bonds. The van der Waals surface area contributed by atoms with Crippen LogP contribution < -0.4 is 15.4 Å². The lowest BCUT2D eigenvalue weighted by molar-refractivity contribution is -0.115. The highest BCUT2D eigenvalue weighted by Crippen LogP contribution is 2.22. The molecule has 0 saturated carbocycles. The molecule has 3 rings (SSSR count). The van der Waals surface area contributed by atoms with Gasteiger partial charge in [-0.2, -0.15) is 0 Å². The second kappa shape index (κ2) is 9.80. The van der Waals surface area contributed by atoms with E-state index in [1.165, 1.54) is 42.5 Å². The Morgan fingerprint density at radius 2 is 1.66 bits per heavy atom. The minimum Gasteiger partial charge on any atom is -0.343 e. The van der Waals surface area contributed by atoms with Gasteiger partial charge in [-0.1, -0.05) is 29.8 Å². The molecule has 3 aromatic rings. The smallest absolute Gasteiger partial charge is 0.261 e. The van der Waals surface area contributed by atoms with Crippen LogP contribution >= 0.6 is 11.6 Å². The first-order valence-corrected chi connectivity index (χ1v) is 11.2. The van der Waals surface area contributed by atoms with Gasteiger partial charge >= 0.3 is 0 Å². The highest BCUT2D eigenvalue weighted by Gasteiger charge is 2.17. The van der Waals surface area contributed by atoms with Crippen LogP contribution in [0.25, 0.3) is 0 Å². The van der Waals surface area contributed by atoms with Crippen LogP contribution in [0.1, 0.15) is 15.9 Å². The van der Waals surface area contributed by atoms with Gasteiger partial charge in [0.25, 0.3) is 15.9 Å². The molecule has 7 nitrogen and oxygen atoms in total. The molecule has 0 heterocycles. The van der Waals surface area contributed by atoms with Crippen molar-refractivity contribution in [2.24, 2.45) is 0 Å². The van der Waals surface area contributed by atoms with Gasteiger partial charge in [-0.25, -0.2) is 12.8 Å². The van der Waals surface area contributed by atoms with Crippen molar-refractivity contribution >= 4 is 44.8 Å². The fourth-order valence-corrected chi connectivity index (χ4v) is 4.06. The van der Waals surface area contributed by atoms with Gasteiger partial charge < -0.3 is 10.6 Å². The van der Waals surface area contributed by atoms with Gasteiger partial charge in [-0.3, -0.25) is 14.3 Å². The van der Waals surface area contributed by atoms with Crippen molar-refractivity contribution in [3.05, 3.63) is 88.7 Å². The lowest BCUT2D eigenvalue weighted by Gasteiger charge is -2.10. The molecular weight excluding hydrogens is 457 g/mol. The number of sulfonamides is 1. The molecule has 0 bridgehead atoms. The molecule has 0 saturated heterocycles. The number of amides is 2. The first-order valence-electron chi connectivity index (χ1n) is 9.37. The highest BCUT2D eigenvalue weighted by atomic mass is 35.5. The maximum absolute atomic E-state index is 13.7. The quantitative estimate of drug-likeness (QED) is 0.481. The Labute approximate surface area is 189 Å². The number of carbonyl (C=O) groups is 2. The Balaban J connectivity index is 1.60. The average molecular weight is 476 g/mol. The van der Waals surface area contributed by atoms with Crippen molar-refractivity contribution in [2.75, 3.05) is 16.6 Å². The molecule has 32 heavy (non-hydrogen) atoms. The standard InChI is InChI=1S/C22H19ClFN3O4S/c1-14-6-11-19(17(23)12-14)26-21(28)13-25-22(29)15-7-9-16(10-8-15)32(30,31)27-20-5-3-2-4-18(20)24/h2-12,27H,13H2,1H3,(H,25,29)(H,26,28). The SMILES string of the molecule is Cc1ccc(NC(=O)CNC(=O)c2ccc(S(=O)(=O)Nc3ccccc3F)cc2)c(Cl)c1. The molecule has 0 aliphatic carbocycles. The first kappa shape index (κ1) is 23.2. The summed E-state index contributed by atoms with van der Waals surface area (Å²) in [7, 11) is -4.04. The number of hydrogen-bond donors (Lipinski definition) is 3. The number of aryl methyl sites for hydroxylation is 1. The zero-order valence-corrected chi connectivity index (χ0v) is 18.4. The molecule has 0 spiro atoms. The molecule has 3 N–H and O–H groups in total. The zero-order chi connectivity index (χ0) is 23.3. The topological polar surface area (TPSA) is 104 Å². The lowest BCUT2D eigenvalue weighted by atomic mass is 10.2. The summed E-state index contributed by atoms with van der Waals surface area (Å²) in [6.07, 6.45) is 0. The third kappa shape index (κ3) is 5.83. The molecule has 166 valence electrons. The van der Waals surface area contributed by atoms with E-state index in [2.05, 4.69) is 15.4 Å². The van der Waals surface area contributed by atoms with Gasteiger partial charge in [0.1, 0.15) is 5.82 Å². The molecular formula is C22H19ClFN3O4S. The monoisotopic (exact) mass is 475 g/mol. The van der Waals surface area contributed by atoms with Crippen LogP contribution in [-0.2, 0) is 14.8 Å². The average Bonchev–Trinajstić information content (AvgIpc) is 2.75. The zero-order valence-electron chi connectivity index (χ0n) is 16.9.